The molecule has 0 unspecified atom stereocenters. The summed E-state index contributed by atoms with van der Waals surface area (Å²) in [6.07, 6.45) is 6.44. The second-order valence-electron chi connectivity index (χ2n) is 5.17. The van der Waals surface area contributed by atoms with Gasteiger partial charge in [-0.3, -0.25) is 9.78 Å². The summed E-state index contributed by atoms with van der Waals surface area (Å²) >= 11 is 0. The standard InChI is InChI=1S/C18H21NO/c1-3-4-5-6-15-8-11-16(12-9-15)18(20)17-10-7-14(2)19-13-17/h7-13H,3-6H2,1-2H3. The Bertz CT molecular complexity index is 555. The highest BCUT2D eigenvalue weighted by molar-refractivity contribution is 6.08. The molecule has 0 aliphatic carbocycles. The maximum absolute atomic E-state index is 12.3. The topological polar surface area (TPSA) is 30.0 Å². The van der Waals surface area contributed by atoms with E-state index < -0.39 is 0 Å². The summed E-state index contributed by atoms with van der Waals surface area (Å²) in [5.41, 5.74) is 3.61. The molecule has 2 rings (SSSR count). The quantitative estimate of drug-likeness (QED) is 0.575. The molecule has 20 heavy (non-hydrogen) atoms. The molecule has 2 heteroatoms. The van der Waals surface area contributed by atoms with Crippen LogP contribution in [-0.2, 0) is 6.42 Å². The summed E-state index contributed by atoms with van der Waals surface area (Å²) < 4.78 is 0. The monoisotopic (exact) mass is 267 g/mol. The number of nitrogens with zero attached hydrogens (tertiary/aromatic N) is 1. The van der Waals surface area contributed by atoms with Crippen molar-refractivity contribution in [2.24, 2.45) is 0 Å². The van der Waals surface area contributed by atoms with Crippen LogP contribution >= 0.6 is 0 Å². The molecule has 2 aromatic rings. The van der Waals surface area contributed by atoms with Gasteiger partial charge in [-0.25, -0.2) is 0 Å². The van der Waals surface area contributed by atoms with E-state index in [4.69, 9.17) is 0 Å². The van der Waals surface area contributed by atoms with Crippen molar-refractivity contribution >= 4 is 5.78 Å². The second kappa shape index (κ2) is 6.99. The molecular weight excluding hydrogens is 246 g/mol. The van der Waals surface area contributed by atoms with Crippen LogP contribution in [0.15, 0.2) is 42.6 Å². The van der Waals surface area contributed by atoms with E-state index in [1.54, 1.807) is 6.20 Å². The Hall–Kier alpha value is -1.96. The van der Waals surface area contributed by atoms with Crippen LogP contribution in [0.3, 0.4) is 0 Å². The number of pyridine rings is 1. The van der Waals surface area contributed by atoms with Gasteiger partial charge in [-0.1, -0.05) is 44.0 Å². The lowest BCUT2D eigenvalue weighted by Gasteiger charge is -2.04. The Morgan fingerprint density at radius 1 is 1.00 bits per heavy atom. The summed E-state index contributed by atoms with van der Waals surface area (Å²) in [5.74, 6) is 0.0395. The molecule has 0 saturated heterocycles. The van der Waals surface area contributed by atoms with Crippen molar-refractivity contribution < 1.29 is 4.79 Å². The van der Waals surface area contributed by atoms with Gasteiger partial charge in [-0.05, 0) is 37.5 Å². The summed E-state index contributed by atoms with van der Waals surface area (Å²) in [6, 6.07) is 11.7. The SMILES string of the molecule is CCCCCc1ccc(C(=O)c2ccc(C)nc2)cc1. The Balaban J connectivity index is 2.05. The number of carbonyl (C=O) groups is 1. The molecule has 0 amide bonds. The van der Waals surface area contributed by atoms with Crippen LogP contribution in [0.2, 0.25) is 0 Å². The van der Waals surface area contributed by atoms with Gasteiger partial charge in [0.15, 0.2) is 5.78 Å². The molecule has 1 aromatic carbocycles. The van der Waals surface area contributed by atoms with E-state index in [-0.39, 0.29) is 5.78 Å². The fourth-order valence-corrected chi connectivity index (χ4v) is 2.17. The van der Waals surface area contributed by atoms with Crippen molar-refractivity contribution in [2.45, 2.75) is 39.5 Å². The van der Waals surface area contributed by atoms with Gasteiger partial charge in [-0.2, -0.15) is 0 Å². The average Bonchev–Trinajstić information content (AvgIpc) is 2.48. The lowest BCUT2D eigenvalue weighted by molar-refractivity contribution is 0.103. The molecule has 0 aliphatic rings. The largest absolute Gasteiger partial charge is 0.289 e. The van der Waals surface area contributed by atoms with Crippen molar-refractivity contribution in [2.75, 3.05) is 0 Å². The van der Waals surface area contributed by atoms with Crippen molar-refractivity contribution in [1.82, 2.24) is 4.98 Å². The maximum Gasteiger partial charge on any atom is 0.194 e. The third kappa shape index (κ3) is 3.77. The Kier molecular flexibility index (Phi) is 5.05. The number of hydrogen-bond acceptors (Lipinski definition) is 2. The van der Waals surface area contributed by atoms with Gasteiger partial charge in [0.05, 0.1) is 0 Å². The predicted molar refractivity (Wildman–Crippen MR) is 82.1 cm³/mol. The number of rotatable bonds is 6. The normalized spacial score (nSPS) is 10.5. The summed E-state index contributed by atoms with van der Waals surface area (Å²) in [4.78, 5) is 16.5. The molecule has 104 valence electrons. The highest BCUT2D eigenvalue weighted by atomic mass is 16.1. The van der Waals surface area contributed by atoms with Gasteiger partial charge >= 0.3 is 0 Å². The van der Waals surface area contributed by atoms with E-state index in [2.05, 4.69) is 24.0 Å². The van der Waals surface area contributed by atoms with E-state index in [0.29, 0.717) is 5.56 Å². The van der Waals surface area contributed by atoms with Crippen LogP contribution in [-0.4, -0.2) is 10.8 Å². The minimum Gasteiger partial charge on any atom is -0.289 e. The molecule has 0 spiro atoms. The van der Waals surface area contributed by atoms with Gasteiger partial charge < -0.3 is 0 Å². The molecule has 2 nitrogen and oxygen atoms in total. The van der Waals surface area contributed by atoms with E-state index in [9.17, 15) is 4.79 Å². The minimum atomic E-state index is 0.0395. The zero-order valence-corrected chi connectivity index (χ0v) is 12.2. The van der Waals surface area contributed by atoms with Crippen molar-refractivity contribution in [1.29, 1.82) is 0 Å². The third-order valence-corrected chi connectivity index (χ3v) is 3.46. The number of unbranched alkanes of at least 4 members (excludes halogenated alkanes) is 2. The molecule has 0 atom stereocenters. The highest BCUT2D eigenvalue weighted by Gasteiger charge is 2.08. The summed E-state index contributed by atoms with van der Waals surface area (Å²) in [6.45, 7) is 4.12. The first-order valence-corrected chi connectivity index (χ1v) is 7.27. The van der Waals surface area contributed by atoms with Gasteiger partial charge in [0.2, 0.25) is 0 Å². The van der Waals surface area contributed by atoms with Gasteiger partial charge in [-0.15, -0.1) is 0 Å². The molecule has 0 aliphatic heterocycles. The van der Waals surface area contributed by atoms with Crippen LogP contribution < -0.4 is 0 Å². The lowest BCUT2D eigenvalue weighted by Crippen LogP contribution is -2.02. The minimum absolute atomic E-state index is 0.0395. The lowest BCUT2D eigenvalue weighted by atomic mass is 10.0. The number of hydrogen-bond donors (Lipinski definition) is 0. The Morgan fingerprint density at radius 2 is 1.70 bits per heavy atom. The van der Waals surface area contributed by atoms with Crippen LogP contribution in [0.25, 0.3) is 0 Å². The predicted octanol–water partition coefficient (Wildman–Crippen LogP) is 4.35. The molecule has 0 radical (unpaired) electrons. The van der Waals surface area contributed by atoms with E-state index in [1.807, 2.05) is 31.2 Å². The molecule has 1 heterocycles. The average molecular weight is 267 g/mol. The first-order valence-electron chi connectivity index (χ1n) is 7.27. The van der Waals surface area contributed by atoms with Crippen molar-refractivity contribution in [3.63, 3.8) is 0 Å². The number of aryl methyl sites for hydroxylation is 2. The molecule has 0 N–H and O–H groups in total. The Labute approximate surface area is 120 Å². The molecule has 1 aromatic heterocycles. The summed E-state index contributed by atoms with van der Waals surface area (Å²) in [7, 11) is 0. The highest BCUT2D eigenvalue weighted by Crippen LogP contribution is 2.13. The van der Waals surface area contributed by atoms with Gasteiger partial charge in [0.1, 0.15) is 0 Å². The molecule has 0 bridgehead atoms. The number of benzene rings is 1. The van der Waals surface area contributed by atoms with Crippen LogP contribution in [0, 0.1) is 6.92 Å². The van der Waals surface area contributed by atoms with Crippen molar-refractivity contribution in [3.05, 3.63) is 65.0 Å². The fourth-order valence-electron chi connectivity index (χ4n) is 2.17. The molecule has 0 saturated carbocycles. The van der Waals surface area contributed by atoms with Crippen LogP contribution in [0.4, 0.5) is 0 Å². The third-order valence-electron chi connectivity index (χ3n) is 3.46. The van der Waals surface area contributed by atoms with Crippen LogP contribution in [0.1, 0.15) is 53.4 Å². The van der Waals surface area contributed by atoms with Crippen LogP contribution in [0.5, 0.6) is 0 Å². The molecule has 0 fully saturated rings. The van der Waals surface area contributed by atoms with Crippen molar-refractivity contribution in [3.8, 4) is 0 Å². The zero-order chi connectivity index (χ0) is 14.4. The number of aromatic nitrogens is 1. The van der Waals surface area contributed by atoms with Gasteiger partial charge in [0, 0.05) is 23.0 Å². The first-order chi connectivity index (χ1) is 9.70. The summed E-state index contributed by atoms with van der Waals surface area (Å²) in [5, 5.41) is 0. The Morgan fingerprint density at radius 3 is 2.30 bits per heavy atom. The molecular formula is C18H21NO. The number of ketones is 1. The van der Waals surface area contributed by atoms with E-state index >= 15 is 0 Å². The number of carbonyl (C=O) groups excluding carboxylic acids is 1. The maximum atomic E-state index is 12.3. The smallest absolute Gasteiger partial charge is 0.194 e. The first kappa shape index (κ1) is 14.4. The fraction of sp³-hybridized carbons (Fsp3) is 0.333. The second-order valence-corrected chi connectivity index (χ2v) is 5.17. The van der Waals surface area contributed by atoms with E-state index in [0.717, 1.165) is 17.7 Å². The van der Waals surface area contributed by atoms with E-state index in [1.165, 1.54) is 24.8 Å². The van der Waals surface area contributed by atoms with Gasteiger partial charge in [0.25, 0.3) is 0 Å². The zero-order valence-electron chi connectivity index (χ0n) is 12.2.